The molecule has 0 aliphatic heterocycles. The summed E-state index contributed by atoms with van der Waals surface area (Å²) in [6.07, 6.45) is 1.48. The van der Waals surface area contributed by atoms with Gasteiger partial charge in [0.15, 0.2) is 0 Å². The second-order valence-corrected chi connectivity index (χ2v) is 11.7. The summed E-state index contributed by atoms with van der Waals surface area (Å²) in [6, 6.07) is 27.6. The molecular weight excluding hydrogens is 665 g/mol. The molecule has 1 atom stereocenters. The molecule has 0 heterocycles. The Morgan fingerprint density at radius 2 is 1.62 bits per heavy atom. The molecular formula is C32H28IN3O5S. The average molecular weight is 694 g/mol. The van der Waals surface area contributed by atoms with Gasteiger partial charge in [0.1, 0.15) is 17.2 Å². The third-order valence-corrected chi connectivity index (χ3v) is 7.74. The molecule has 8 nitrogen and oxygen atoms in total. The number of aromatic hydroxyl groups is 1. The monoisotopic (exact) mass is 693 g/mol. The molecule has 0 saturated heterocycles. The number of amides is 3. The van der Waals surface area contributed by atoms with E-state index >= 15 is 0 Å². The van der Waals surface area contributed by atoms with Gasteiger partial charge in [0, 0.05) is 37.0 Å². The number of phenols is 1. The molecule has 42 heavy (non-hydrogen) atoms. The number of halogens is 1. The molecule has 0 spiro atoms. The topological polar surface area (TPSA) is 117 Å². The van der Waals surface area contributed by atoms with E-state index in [2.05, 4.69) is 38.5 Å². The molecule has 0 fully saturated rings. The van der Waals surface area contributed by atoms with Gasteiger partial charge in [-0.1, -0.05) is 24.3 Å². The minimum Gasteiger partial charge on any atom is -0.508 e. The lowest BCUT2D eigenvalue weighted by Gasteiger charge is -2.14. The molecule has 4 rings (SSSR count). The van der Waals surface area contributed by atoms with E-state index in [1.54, 1.807) is 54.6 Å². The highest BCUT2D eigenvalue weighted by atomic mass is 127. The normalized spacial score (nSPS) is 11.7. The second kappa shape index (κ2) is 14.6. The van der Waals surface area contributed by atoms with Gasteiger partial charge in [-0.05, 0) is 102 Å². The van der Waals surface area contributed by atoms with E-state index in [1.165, 1.54) is 37.1 Å². The number of hydrogen-bond acceptors (Lipinski definition) is 6. The molecule has 0 aromatic heterocycles. The highest BCUT2D eigenvalue weighted by Gasteiger charge is 2.18. The van der Waals surface area contributed by atoms with E-state index in [9.17, 15) is 19.5 Å². The van der Waals surface area contributed by atoms with Crippen molar-refractivity contribution in [2.75, 3.05) is 17.7 Å². The summed E-state index contributed by atoms with van der Waals surface area (Å²) in [7, 11) is 1.44. The smallest absolute Gasteiger partial charge is 0.272 e. The van der Waals surface area contributed by atoms with E-state index in [1.807, 2.05) is 37.3 Å². The van der Waals surface area contributed by atoms with Crippen LogP contribution < -0.4 is 20.7 Å². The molecule has 4 aromatic rings. The van der Waals surface area contributed by atoms with Gasteiger partial charge in [-0.3, -0.25) is 14.4 Å². The maximum Gasteiger partial charge on any atom is 0.272 e. The van der Waals surface area contributed by atoms with Crippen molar-refractivity contribution >= 4 is 69.5 Å². The summed E-state index contributed by atoms with van der Waals surface area (Å²) < 4.78 is 6.42. The predicted molar refractivity (Wildman–Crippen MR) is 175 cm³/mol. The van der Waals surface area contributed by atoms with Crippen molar-refractivity contribution in [1.82, 2.24) is 5.32 Å². The number of ether oxygens (including phenoxy) is 1. The van der Waals surface area contributed by atoms with Gasteiger partial charge in [0.25, 0.3) is 11.8 Å². The van der Waals surface area contributed by atoms with Crippen LogP contribution in [0.3, 0.4) is 0 Å². The number of nitrogens with one attached hydrogen (secondary N) is 3. The Kier molecular flexibility index (Phi) is 10.6. The number of anilines is 2. The van der Waals surface area contributed by atoms with Gasteiger partial charge in [0.2, 0.25) is 5.91 Å². The van der Waals surface area contributed by atoms with Gasteiger partial charge in [0.05, 0.1) is 12.4 Å². The summed E-state index contributed by atoms with van der Waals surface area (Å²) >= 11 is 3.56. The van der Waals surface area contributed by atoms with E-state index in [0.717, 1.165) is 14.2 Å². The maximum atomic E-state index is 13.5. The van der Waals surface area contributed by atoms with E-state index < -0.39 is 17.1 Å². The van der Waals surface area contributed by atoms with Crippen LogP contribution in [0, 0.1) is 3.57 Å². The highest BCUT2D eigenvalue weighted by Crippen LogP contribution is 2.28. The number of benzene rings is 4. The number of carbonyl (C=O) groups excluding carboxylic acids is 3. The van der Waals surface area contributed by atoms with Gasteiger partial charge in [-0.25, -0.2) is 0 Å². The van der Waals surface area contributed by atoms with Gasteiger partial charge >= 0.3 is 0 Å². The fraction of sp³-hybridized carbons (Fsp3) is 0.0938. The Morgan fingerprint density at radius 3 is 2.33 bits per heavy atom. The van der Waals surface area contributed by atoms with E-state index in [-0.39, 0.29) is 17.4 Å². The number of hydrogen-bond donors (Lipinski definition) is 4. The lowest BCUT2D eigenvalue weighted by molar-refractivity contribution is -0.115. The molecule has 4 N–H and O–H groups in total. The second-order valence-electron chi connectivity index (χ2n) is 9.04. The first-order chi connectivity index (χ1) is 20.2. The lowest BCUT2D eigenvalue weighted by Crippen LogP contribution is -2.30. The Balaban J connectivity index is 1.51. The van der Waals surface area contributed by atoms with Crippen molar-refractivity contribution in [2.45, 2.75) is 17.1 Å². The van der Waals surface area contributed by atoms with Crippen molar-refractivity contribution in [1.29, 1.82) is 0 Å². The lowest BCUT2D eigenvalue weighted by atomic mass is 10.1. The third kappa shape index (κ3) is 8.60. The average Bonchev–Trinajstić information content (AvgIpc) is 2.99. The zero-order valence-corrected chi connectivity index (χ0v) is 25.7. The molecule has 0 radical (unpaired) electrons. The Labute approximate surface area is 261 Å². The standard InChI is InChI=1S/C32H28IN3O5S/c1-20(30(38)34-24-14-12-23(33)13-15-24)42-27-10-6-9-25(18-27)35-32(40)28(36-31(39)21-7-4-3-5-8-21)17-22-11-16-26(37)19-29(22)41-2/h3-20,37H,1-2H3,(H,34,38)(H,35,40)(H,36,39)/b28-17+. The van der Waals surface area contributed by atoms with Crippen molar-refractivity contribution < 1.29 is 24.2 Å². The van der Waals surface area contributed by atoms with Crippen LogP contribution in [0.4, 0.5) is 11.4 Å². The first-order valence-corrected chi connectivity index (χ1v) is 14.8. The minimum atomic E-state index is -0.568. The molecule has 10 heteroatoms. The third-order valence-electron chi connectivity index (χ3n) is 5.93. The summed E-state index contributed by atoms with van der Waals surface area (Å²) in [4.78, 5) is 39.9. The molecule has 4 aromatic carbocycles. The number of thioether (sulfide) groups is 1. The van der Waals surface area contributed by atoms with Crippen LogP contribution in [0.5, 0.6) is 11.5 Å². The van der Waals surface area contributed by atoms with Crippen molar-refractivity contribution in [3.8, 4) is 11.5 Å². The van der Waals surface area contributed by atoms with Crippen LogP contribution in [-0.4, -0.2) is 35.2 Å². The fourth-order valence-electron chi connectivity index (χ4n) is 3.80. The van der Waals surface area contributed by atoms with Crippen LogP contribution >= 0.6 is 34.4 Å². The summed E-state index contributed by atoms with van der Waals surface area (Å²) in [6.45, 7) is 1.81. The first-order valence-electron chi connectivity index (χ1n) is 12.8. The summed E-state index contributed by atoms with van der Waals surface area (Å²) in [5.41, 5.74) is 2.02. The van der Waals surface area contributed by atoms with Crippen molar-refractivity contribution in [3.05, 3.63) is 117 Å². The van der Waals surface area contributed by atoms with Crippen LogP contribution in [0.15, 0.2) is 108 Å². The van der Waals surface area contributed by atoms with Gasteiger partial charge in [-0.2, -0.15) is 0 Å². The number of carbonyl (C=O) groups is 3. The van der Waals surface area contributed by atoms with Crippen molar-refractivity contribution in [2.24, 2.45) is 0 Å². The largest absolute Gasteiger partial charge is 0.508 e. The van der Waals surface area contributed by atoms with Crippen LogP contribution in [0.25, 0.3) is 6.08 Å². The number of phenolic OH excluding ortho intramolecular Hbond substituents is 1. The maximum absolute atomic E-state index is 13.5. The van der Waals surface area contributed by atoms with Gasteiger partial charge < -0.3 is 25.8 Å². The summed E-state index contributed by atoms with van der Waals surface area (Å²) in [5, 5.41) is 17.9. The SMILES string of the molecule is COc1cc(O)ccc1/C=C(/NC(=O)c1ccccc1)C(=O)Nc1cccc(SC(C)C(=O)Nc2ccc(I)cc2)c1. The Bertz CT molecular complexity index is 1610. The zero-order valence-electron chi connectivity index (χ0n) is 22.8. The highest BCUT2D eigenvalue weighted by molar-refractivity contribution is 14.1. The van der Waals surface area contributed by atoms with Crippen molar-refractivity contribution in [3.63, 3.8) is 0 Å². The summed E-state index contributed by atoms with van der Waals surface area (Å²) in [5.74, 6) is -0.857. The van der Waals surface area contributed by atoms with E-state index in [0.29, 0.717) is 22.6 Å². The molecule has 0 saturated carbocycles. The molecule has 214 valence electrons. The van der Waals surface area contributed by atoms with Gasteiger partial charge in [-0.15, -0.1) is 11.8 Å². The Hall–Kier alpha value is -4.29. The van der Waals surface area contributed by atoms with E-state index in [4.69, 9.17) is 4.74 Å². The number of methoxy groups -OCH3 is 1. The van der Waals surface area contributed by atoms with Crippen LogP contribution in [-0.2, 0) is 9.59 Å². The number of rotatable bonds is 10. The Morgan fingerprint density at radius 1 is 0.881 bits per heavy atom. The minimum absolute atomic E-state index is 0.000843. The molecule has 0 aliphatic carbocycles. The molecule has 3 amide bonds. The van der Waals surface area contributed by atoms with Crippen LogP contribution in [0.2, 0.25) is 0 Å². The zero-order chi connectivity index (χ0) is 30.1. The molecule has 0 aliphatic rings. The quantitative estimate of drug-likeness (QED) is 0.0853. The predicted octanol–water partition coefficient (Wildman–Crippen LogP) is 6.53. The molecule has 1 unspecified atom stereocenters. The fourth-order valence-corrected chi connectivity index (χ4v) is 5.08. The molecule has 0 bridgehead atoms. The first kappa shape index (κ1) is 30.7. The van der Waals surface area contributed by atoms with Crippen LogP contribution in [0.1, 0.15) is 22.8 Å².